The van der Waals surface area contributed by atoms with Gasteiger partial charge in [0.1, 0.15) is 5.75 Å². The summed E-state index contributed by atoms with van der Waals surface area (Å²) in [7, 11) is 0. The van der Waals surface area contributed by atoms with E-state index in [9.17, 15) is 5.11 Å². The zero-order valence-corrected chi connectivity index (χ0v) is 9.07. The summed E-state index contributed by atoms with van der Waals surface area (Å²) in [6, 6.07) is 12.9. The van der Waals surface area contributed by atoms with Gasteiger partial charge < -0.3 is 16.2 Å². The van der Waals surface area contributed by atoms with Crippen molar-refractivity contribution in [1.29, 1.82) is 0 Å². The summed E-state index contributed by atoms with van der Waals surface area (Å²) in [5, 5.41) is 12.9. The van der Waals surface area contributed by atoms with Crippen LogP contribution in [0.15, 0.2) is 42.5 Å². The lowest BCUT2D eigenvalue weighted by Gasteiger charge is -2.12. The number of hydrogen-bond acceptors (Lipinski definition) is 3. The molecular weight excluding hydrogens is 200 g/mol. The number of nitrogens with one attached hydrogen (secondary N) is 1. The lowest BCUT2D eigenvalue weighted by atomic mass is 10.1. The number of rotatable bonds is 2. The van der Waals surface area contributed by atoms with Crippen LogP contribution in [0.3, 0.4) is 0 Å². The molecule has 82 valence electrons. The van der Waals surface area contributed by atoms with E-state index >= 15 is 0 Å². The summed E-state index contributed by atoms with van der Waals surface area (Å²) < 4.78 is 0. The first-order valence-corrected chi connectivity index (χ1v) is 5.08. The summed E-state index contributed by atoms with van der Waals surface area (Å²) in [4.78, 5) is 0. The highest BCUT2D eigenvalue weighted by atomic mass is 16.3. The summed E-state index contributed by atoms with van der Waals surface area (Å²) in [5.74, 6) is 0.225. The van der Waals surface area contributed by atoms with Gasteiger partial charge >= 0.3 is 0 Å². The van der Waals surface area contributed by atoms with Crippen LogP contribution in [-0.2, 0) is 0 Å². The van der Waals surface area contributed by atoms with Gasteiger partial charge in [0.05, 0.1) is 17.1 Å². The lowest BCUT2D eigenvalue weighted by molar-refractivity contribution is 0.477. The van der Waals surface area contributed by atoms with Crippen molar-refractivity contribution in [1.82, 2.24) is 0 Å². The Morgan fingerprint density at radius 2 is 1.81 bits per heavy atom. The van der Waals surface area contributed by atoms with Crippen molar-refractivity contribution in [3.8, 4) is 5.75 Å². The Kier molecular flexibility index (Phi) is 2.68. The number of phenolic OH excluding ortho intramolecular Hbond substituents is 1. The van der Waals surface area contributed by atoms with Crippen LogP contribution in [0.2, 0.25) is 0 Å². The van der Waals surface area contributed by atoms with Crippen LogP contribution < -0.4 is 11.1 Å². The van der Waals surface area contributed by atoms with E-state index in [2.05, 4.69) is 5.32 Å². The van der Waals surface area contributed by atoms with Gasteiger partial charge in [-0.15, -0.1) is 0 Å². The minimum absolute atomic E-state index is 0.225. The molecule has 0 aliphatic rings. The molecule has 16 heavy (non-hydrogen) atoms. The van der Waals surface area contributed by atoms with Crippen LogP contribution in [0.25, 0.3) is 0 Å². The highest BCUT2D eigenvalue weighted by molar-refractivity contribution is 5.76. The number of phenols is 1. The second-order valence-corrected chi connectivity index (χ2v) is 3.68. The van der Waals surface area contributed by atoms with Crippen molar-refractivity contribution >= 4 is 17.1 Å². The summed E-state index contributed by atoms with van der Waals surface area (Å²) in [6.07, 6.45) is 0. The maximum Gasteiger partial charge on any atom is 0.139 e. The number of nitrogens with two attached hydrogens (primary N) is 1. The van der Waals surface area contributed by atoms with E-state index in [1.165, 1.54) is 0 Å². The van der Waals surface area contributed by atoms with E-state index in [0.717, 1.165) is 11.3 Å². The van der Waals surface area contributed by atoms with Gasteiger partial charge in [0, 0.05) is 0 Å². The van der Waals surface area contributed by atoms with Gasteiger partial charge in [-0.1, -0.05) is 24.3 Å². The maximum absolute atomic E-state index is 9.74. The molecule has 0 spiro atoms. The van der Waals surface area contributed by atoms with Gasteiger partial charge in [0.2, 0.25) is 0 Å². The standard InChI is InChI=1S/C13H14N2O/c1-9-5-4-8-12(16)13(9)15-11-7-3-2-6-10(11)14/h2-8,15-16H,14H2,1H3. The van der Waals surface area contributed by atoms with Gasteiger partial charge in [-0.2, -0.15) is 0 Å². The van der Waals surface area contributed by atoms with Crippen molar-refractivity contribution < 1.29 is 5.11 Å². The largest absolute Gasteiger partial charge is 0.506 e. The molecule has 0 saturated carbocycles. The molecule has 0 saturated heterocycles. The highest BCUT2D eigenvalue weighted by Gasteiger charge is 2.05. The molecular formula is C13H14N2O. The average molecular weight is 214 g/mol. The molecule has 0 radical (unpaired) electrons. The van der Waals surface area contributed by atoms with Gasteiger partial charge in [-0.05, 0) is 30.7 Å². The first kappa shape index (κ1) is 10.4. The predicted molar refractivity (Wildman–Crippen MR) is 67.0 cm³/mol. The van der Waals surface area contributed by atoms with Crippen LogP contribution in [0.5, 0.6) is 5.75 Å². The average Bonchev–Trinajstić information content (AvgIpc) is 2.26. The predicted octanol–water partition coefficient (Wildman–Crippen LogP) is 3.03. The topological polar surface area (TPSA) is 58.3 Å². The van der Waals surface area contributed by atoms with Gasteiger partial charge in [-0.3, -0.25) is 0 Å². The third-order valence-electron chi connectivity index (χ3n) is 2.47. The maximum atomic E-state index is 9.74. The molecule has 0 unspecified atom stereocenters. The van der Waals surface area contributed by atoms with Crippen LogP contribution in [0.1, 0.15) is 5.56 Å². The number of para-hydroxylation sites is 3. The van der Waals surface area contributed by atoms with Crippen LogP contribution in [-0.4, -0.2) is 5.11 Å². The molecule has 2 rings (SSSR count). The van der Waals surface area contributed by atoms with Crippen molar-refractivity contribution in [2.45, 2.75) is 6.92 Å². The Morgan fingerprint density at radius 1 is 1.06 bits per heavy atom. The number of aromatic hydroxyl groups is 1. The molecule has 0 bridgehead atoms. The smallest absolute Gasteiger partial charge is 0.139 e. The lowest BCUT2D eigenvalue weighted by Crippen LogP contribution is -1.97. The third-order valence-corrected chi connectivity index (χ3v) is 2.47. The third kappa shape index (κ3) is 1.93. The van der Waals surface area contributed by atoms with Crippen molar-refractivity contribution in [2.75, 3.05) is 11.1 Å². The molecule has 2 aromatic carbocycles. The molecule has 3 heteroatoms. The summed E-state index contributed by atoms with van der Waals surface area (Å²) in [5.41, 5.74) is 8.95. The van der Waals surface area contributed by atoms with E-state index in [4.69, 9.17) is 5.73 Å². The Labute approximate surface area is 94.5 Å². The fourth-order valence-corrected chi connectivity index (χ4v) is 1.56. The molecule has 0 aliphatic heterocycles. The SMILES string of the molecule is Cc1cccc(O)c1Nc1ccccc1N. The minimum Gasteiger partial charge on any atom is -0.506 e. The number of aryl methyl sites for hydroxylation is 1. The normalized spacial score (nSPS) is 10.1. The Hall–Kier alpha value is -2.16. The summed E-state index contributed by atoms with van der Waals surface area (Å²) >= 11 is 0. The molecule has 4 N–H and O–H groups in total. The molecule has 3 nitrogen and oxygen atoms in total. The minimum atomic E-state index is 0.225. The number of hydrogen-bond donors (Lipinski definition) is 3. The highest BCUT2D eigenvalue weighted by Crippen LogP contribution is 2.31. The molecule has 0 aliphatic carbocycles. The van der Waals surface area contributed by atoms with E-state index in [1.807, 2.05) is 43.3 Å². The van der Waals surface area contributed by atoms with Gasteiger partial charge in [0.25, 0.3) is 0 Å². The molecule has 0 heterocycles. The van der Waals surface area contributed by atoms with Crippen molar-refractivity contribution in [2.24, 2.45) is 0 Å². The molecule has 0 aromatic heterocycles. The molecule has 0 fully saturated rings. The fraction of sp³-hybridized carbons (Fsp3) is 0.0769. The Morgan fingerprint density at radius 3 is 2.50 bits per heavy atom. The van der Waals surface area contributed by atoms with Crippen LogP contribution in [0.4, 0.5) is 17.1 Å². The number of anilines is 3. The zero-order chi connectivity index (χ0) is 11.5. The van der Waals surface area contributed by atoms with E-state index in [1.54, 1.807) is 6.07 Å². The van der Waals surface area contributed by atoms with Gasteiger partial charge in [-0.25, -0.2) is 0 Å². The first-order chi connectivity index (χ1) is 7.68. The second kappa shape index (κ2) is 4.14. The second-order valence-electron chi connectivity index (χ2n) is 3.68. The first-order valence-electron chi connectivity index (χ1n) is 5.08. The van der Waals surface area contributed by atoms with Crippen molar-refractivity contribution in [3.63, 3.8) is 0 Å². The van der Waals surface area contributed by atoms with Crippen LogP contribution >= 0.6 is 0 Å². The van der Waals surface area contributed by atoms with E-state index in [0.29, 0.717) is 11.4 Å². The summed E-state index contributed by atoms with van der Waals surface area (Å²) in [6.45, 7) is 1.93. The van der Waals surface area contributed by atoms with E-state index < -0.39 is 0 Å². The number of benzene rings is 2. The Balaban J connectivity index is 2.38. The monoisotopic (exact) mass is 214 g/mol. The van der Waals surface area contributed by atoms with Gasteiger partial charge in [0.15, 0.2) is 0 Å². The molecule has 0 atom stereocenters. The van der Waals surface area contributed by atoms with E-state index in [-0.39, 0.29) is 5.75 Å². The van der Waals surface area contributed by atoms with Crippen molar-refractivity contribution in [3.05, 3.63) is 48.0 Å². The zero-order valence-electron chi connectivity index (χ0n) is 9.07. The fourth-order valence-electron chi connectivity index (χ4n) is 1.56. The van der Waals surface area contributed by atoms with Crippen LogP contribution in [0, 0.1) is 6.92 Å². The quantitative estimate of drug-likeness (QED) is 0.532. The number of nitrogen functional groups attached to an aromatic ring is 1. The Bertz CT molecular complexity index is 489. The molecule has 0 amide bonds. The molecule has 2 aromatic rings.